The Balaban J connectivity index is 1.94. The minimum absolute atomic E-state index is 0.238. The topological polar surface area (TPSA) is 54.5 Å². The van der Waals surface area contributed by atoms with Crippen molar-refractivity contribution in [2.45, 2.75) is 32.7 Å². The van der Waals surface area contributed by atoms with Crippen molar-refractivity contribution in [2.24, 2.45) is 0 Å². The van der Waals surface area contributed by atoms with E-state index in [9.17, 15) is 4.79 Å². The summed E-state index contributed by atoms with van der Waals surface area (Å²) >= 11 is 12.0. The molecule has 1 aromatic rings. The molecule has 5 nitrogen and oxygen atoms in total. The van der Waals surface area contributed by atoms with E-state index in [1.165, 1.54) is 0 Å². The van der Waals surface area contributed by atoms with Crippen LogP contribution in [-0.4, -0.2) is 41.7 Å². The number of likely N-dealkylation sites (tertiary alicyclic amines) is 1. The first-order valence-electron chi connectivity index (χ1n) is 7.02. The van der Waals surface area contributed by atoms with E-state index < -0.39 is 0 Å². The number of carbonyl (C=O) groups is 1. The van der Waals surface area contributed by atoms with Crippen LogP contribution in [-0.2, 0) is 4.74 Å². The van der Waals surface area contributed by atoms with Crippen molar-refractivity contribution in [2.75, 3.05) is 25.0 Å². The third-order valence-electron chi connectivity index (χ3n) is 3.51. The first-order chi connectivity index (χ1) is 10.0. The van der Waals surface area contributed by atoms with Crippen LogP contribution in [0.5, 0.6) is 0 Å². The smallest absolute Gasteiger partial charge is 0.409 e. The molecule has 1 aromatic heterocycles. The summed E-state index contributed by atoms with van der Waals surface area (Å²) in [4.78, 5) is 17.4. The molecule has 116 valence electrons. The predicted molar refractivity (Wildman–Crippen MR) is 84.2 cm³/mol. The van der Waals surface area contributed by atoms with Crippen molar-refractivity contribution in [1.82, 2.24) is 9.88 Å². The molecule has 2 heterocycles. The fourth-order valence-corrected chi connectivity index (χ4v) is 2.98. The molecule has 0 unspecified atom stereocenters. The summed E-state index contributed by atoms with van der Waals surface area (Å²) in [6.45, 7) is 5.50. The van der Waals surface area contributed by atoms with Crippen molar-refractivity contribution in [3.8, 4) is 0 Å². The Hall–Kier alpha value is -1.20. The molecule has 1 aliphatic heterocycles. The van der Waals surface area contributed by atoms with Crippen molar-refractivity contribution in [3.05, 3.63) is 21.9 Å². The molecule has 1 saturated heterocycles. The van der Waals surface area contributed by atoms with Crippen LogP contribution in [0.25, 0.3) is 0 Å². The molecule has 1 fully saturated rings. The second-order valence-electron chi connectivity index (χ2n) is 5.03. The molecule has 0 spiro atoms. The van der Waals surface area contributed by atoms with E-state index in [1.54, 1.807) is 11.0 Å². The van der Waals surface area contributed by atoms with Crippen LogP contribution < -0.4 is 5.32 Å². The summed E-state index contributed by atoms with van der Waals surface area (Å²) in [5, 5.41) is 4.18. The molecule has 2 rings (SSSR count). The van der Waals surface area contributed by atoms with Gasteiger partial charge in [-0.2, -0.15) is 0 Å². The molecule has 0 saturated carbocycles. The van der Waals surface area contributed by atoms with Crippen LogP contribution in [0.1, 0.15) is 25.3 Å². The van der Waals surface area contributed by atoms with Gasteiger partial charge < -0.3 is 15.0 Å². The molecule has 0 radical (unpaired) electrons. The van der Waals surface area contributed by atoms with E-state index in [2.05, 4.69) is 10.3 Å². The lowest BCUT2D eigenvalue weighted by molar-refractivity contribution is 0.0983. The van der Waals surface area contributed by atoms with Crippen molar-refractivity contribution in [1.29, 1.82) is 0 Å². The van der Waals surface area contributed by atoms with E-state index in [4.69, 9.17) is 27.9 Å². The highest BCUT2D eigenvalue weighted by Gasteiger charge is 2.24. The first-order valence-corrected chi connectivity index (χ1v) is 7.77. The molecule has 1 aliphatic rings. The number of nitrogens with one attached hydrogen (secondary N) is 1. The van der Waals surface area contributed by atoms with Crippen molar-refractivity contribution in [3.63, 3.8) is 0 Å². The highest BCUT2D eigenvalue weighted by molar-refractivity contribution is 6.34. The number of nitrogens with zero attached hydrogens (tertiary/aromatic N) is 2. The van der Waals surface area contributed by atoms with E-state index in [0.717, 1.165) is 24.1 Å². The Morgan fingerprint density at radius 3 is 2.71 bits per heavy atom. The van der Waals surface area contributed by atoms with E-state index in [-0.39, 0.29) is 12.1 Å². The van der Waals surface area contributed by atoms with Gasteiger partial charge in [-0.05, 0) is 38.3 Å². The lowest BCUT2D eigenvalue weighted by atomic mass is 10.0. The number of amides is 1. The number of carbonyl (C=O) groups excluding carboxylic acids is 1. The van der Waals surface area contributed by atoms with Crippen LogP contribution in [0, 0.1) is 6.92 Å². The summed E-state index contributed by atoms with van der Waals surface area (Å²) < 4.78 is 5.01. The van der Waals surface area contributed by atoms with Gasteiger partial charge in [-0.1, -0.05) is 23.2 Å². The number of aromatic nitrogens is 1. The van der Waals surface area contributed by atoms with E-state index in [0.29, 0.717) is 30.0 Å². The van der Waals surface area contributed by atoms with Crippen LogP contribution in [0.15, 0.2) is 6.07 Å². The Kier molecular flexibility index (Phi) is 5.53. The molecular formula is C14H19Cl2N3O2. The minimum atomic E-state index is -0.238. The number of piperidine rings is 1. The number of anilines is 1. The standard InChI is InChI=1S/C14H19Cl2N3O2/c1-3-21-14(20)19-6-4-10(5-7-19)17-12-9(2)8-11(15)18-13(12)16/h8,10,17H,3-7H2,1-2H3. The fourth-order valence-electron chi connectivity index (χ4n) is 2.39. The molecule has 1 amide bonds. The number of ether oxygens (including phenoxy) is 1. The Bertz CT molecular complexity index is 494. The number of aryl methyl sites for hydroxylation is 1. The Morgan fingerprint density at radius 1 is 1.48 bits per heavy atom. The quantitative estimate of drug-likeness (QED) is 0.857. The van der Waals surface area contributed by atoms with Gasteiger partial charge >= 0.3 is 6.09 Å². The summed E-state index contributed by atoms with van der Waals surface area (Å²) in [6.07, 6.45) is 1.45. The summed E-state index contributed by atoms with van der Waals surface area (Å²) in [5.74, 6) is 0. The van der Waals surface area contributed by atoms with Crippen LogP contribution in [0.2, 0.25) is 10.3 Å². The molecular weight excluding hydrogens is 313 g/mol. The Labute approximate surface area is 134 Å². The lowest BCUT2D eigenvalue weighted by Gasteiger charge is -2.32. The second-order valence-corrected chi connectivity index (χ2v) is 5.78. The highest BCUT2D eigenvalue weighted by Crippen LogP contribution is 2.28. The molecule has 0 aliphatic carbocycles. The van der Waals surface area contributed by atoms with E-state index >= 15 is 0 Å². The van der Waals surface area contributed by atoms with Gasteiger partial charge in [-0.25, -0.2) is 9.78 Å². The number of pyridine rings is 1. The zero-order chi connectivity index (χ0) is 15.4. The van der Waals surface area contributed by atoms with Crippen LogP contribution in [0.4, 0.5) is 10.5 Å². The molecule has 0 atom stereocenters. The van der Waals surface area contributed by atoms with Crippen molar-refractivity contribution < 1.29 is 9.53 Å². The van der Waals surface area contributed by atoms with Crippen LogP contribution in [0.3, 0.4) is 0 Å². The summed E-state index contributed by atoms with van der Waals surface area (Å²) in [5.41, 5.74) is 1.78. The predicted octanol–water partition coefficient (Wildman–Crippen LogP) is 3.73. The third-order valence-corrected chi connectivity index (χ3v) is 3.98. The second kappa shape index (κ2) is 7.18. The SMILES string of the molecule is CCOC(=O)N1CCC(Nc2c(C)cc(Cl)nc2Cl)CC1. The van der Waals surface area contributed by atoms with Gasteiger partial charge in [-0.3, -0.25) is 0 Å². The normalized spacial score (nSPS) is 15.9. The van der Waals surface area contributed by atoms with Gasteiger partial charge in [0.15, 0.2) is 5.15 Å². The van der Waals surface area contributed by atoms with Crippen molar-refractivity contribution >= 4 is 35.0 Å². The monoisotopic (exact) mass is 331 g/mol. The lowest BCUT2D eigenvalue weighted by Crippen LogP contribution is -2.42. The van der Waals surface area contributed by atoms with Gasteiger partial charge in [0.05, 0.1) is 12.3 Å². The molecule has 7 heteroatoms. The van der Waals surface area contributed by atoms with E-state index in [1.807, 2.05) is 13.8 Å². The zero-order valence-electron chi connectivity index (χ0n) is 12.2. The number of hydrogen-bond acceptors (Lipinski definition) is 4. The molecule has 0 bridgehead atoms. The maximum atomic E-state index is 11.6. The zero-order valence-corrected chi connectivity index (χ0v) is 13.7. The van der Waals surface area contributed by atoms with Gasteiger partial charge in [-0.15, -0.1) is 0 Å². The van der Waals surface area contributed by atoms with Gasteiger partial charge in [0, 0.05) is 19.1 Å². The summed E-state index contributed by atoms with van der Waals surface area (Å²) in [7, 11) is 0. The number of rotatable bonds is 3. The summed E-state index contributed by atoms with van der Waals surface area (Å²) in [6, 6.07) is 2.04. The minimum Gasteiger partial charge on any atom is -0.450 e. The maximum absolute atomic E-state index is 11.6. The highest BCUT2D eigenvalue weighted by atomic mass is 35.5. The Morgan fingerprint density at radius 2 is 2.14 bits per heavy atom. The van der Waals surface area contributed by atoms with Gasteiger partial charge in [0.1, 0.15) is 5.15 Å². The maximum Gasteiger partial charge on any atom is 0.409 e. The third kappa shape index (κ3) is 4.14. The van der Waals surface area contributed by atoms with Gasteiger partial charge in [0.25, 0.3) is 0 Å². The molecule has 1 N–H and O–H groups in total. The average Bonchev–Trinajstić information content (AvgIpc) is 2.43. The average molecular weight is 332 g/mol. The molecule has 21 heavy (non-hydrogen) atoms. The number of halogens is 2. The largest absolute Gasteiger partial charge is 0.450 e. The number of hydrogen-bond donors (Lipinski definition) is 1. The van der Waals surface area contributed by atoms with Crippen LogP contribution >= 0.6 is 23.2 Å². The molecule has 0 aromatic carbocycles. The fraction of sp³-hybridized carbons (Fsp3) is 0.571. The first kappa shape index (κ1) is 16.2. The van der Waals surface area contributed by atoms with Gasteiger partial charge in [0.2, 0.25) is 0 Å².